The van der Waals surface area contributed by atoms with E-state index in [0.717, 1.165) is 27.1 Å². The molecule has 1 aromatic carbocycles. The second kappa shape index (κ2) is 6.07. The molecule has 1 aromatic heterocycles. The van der Waals surface area contributed by atoms with Crippen molar-refractivity contribution in [2.75, 3.05) is 7.05 Å². The van der Waals surface area contributed by atoms with Crippen LogP contribution in [0.25, 0.3) is 0 Å². The van der Waals surface area contributed by atoms with Gasteiger partial charge in [0.15, 0.2) is 0 Å². The van der Waals surface area contributed by atoms with Crippen LogP contribution in [0.15, 0.2) is 39.4 Å². The Balaban J connectivity index is 2.06. The highest BCUT2D eigenvalue weighted by Crippen LogP contribution is 2.24. The third-order valence-corrected chi connectivity index (χ3v) is 3.20. The number of furan rings is 1. The Labute approximate surface area is 115 Å². The Morgan fingerprint density at radius 2 is 2.17 bits per heavy atom. The van der Waals surface area contributed by atoms with Crippen LogP contribution in [0.4, 0.5) is 0 Å². The summed E-state index contributed by atoms with van der Waals surface area (Å²) in [6.07, 6.45) is 1.69. The molecule has 0 aliphatic carbocycles. The number of rotatable bonds is 5. The topological polar surface area (TPSA) is 34.4 Å². The van der Waals surface area contributed by atoms with Crippen molar-refractivity contribution in [1.29, 1.82) is 0 Å². The minimum atomic E-state index is 0.519. The maximum absolute atomic E-state index is 5.83. The average molecular weight is 310 g/mol. The van der Waals surface area contributed by atoms with Gasteiger partial charge in [-0.3, -0.25) is 0 Å². The van der Waals surface area contributed by atoms with Crippen LogP contribution >= 0.6 is 15.9 Å². The lowest BCUT2D eigenvalue weighted by Crippen LogP contribution is -2.07. The van der Waals surface area contributed by atoms with Crippen LogP contribution in [-0.2, 0) is 13.2 Å². The van der Waals surface area contributed by atoms with Gasteiger partial charge in [-0.2, -0.15) is 0 Å². The Kier molecular flexibility index (Phi) is 4.44. The van der Waals surface area contributed by atoms with E-state index in [1.165, 1.54) is 0 Å². The van der Waals surface area contributed by atoms with E-state index in [4.69, 9.17) is 9.15 Å². The van der Waals surface area contributed by atoms with Crippen LogP contribution in [0.1, 0.15) is 16.9 Å². The van der Waals surface area contributed by atoms with Crippen molar-refractivity contribution in [3.8, 4) is 5.75 Å². The lowest BCUT2D eigenvalue weighted by atomic mass is 10.2. The fraction of sp³-hybridized carbons (Fsp3) is 0.286. The molecule has 0 aliphatic rings. The monoisotopic (exact) mass is 309 g/mol. The maximum atomic E-state index is 5.83. The Hall–Kier alpha value is -1.26. The van der Waals surface area contributed by atoms with Crippen LogP contribution in [0.3, 0.4) is 0 Å². The van der Waals surface area contributed by atoms with Crippen LogP contribution in [0.5, 0.6) is 5.75 Å². The van der Waals surface area contributed by atoms with Crippen molar-refractivity contribution in [2.45, 2.75) is 20.1 Å². The first-order chi connectivity index (χ1) is 8.70. The first-order valence-corrected chi connectivity index (χ1v) is 6.59. The fourth-order valence-electron chi connectivity index (χ4n) is 1.70. The van der Waals surface area contributed by atoms with Gasteiger partial charge in [0.1, 0.15) is 18.1 Å². The standard InChI is InChI=1S/C14H16BrNO2/c1-10-3-4-12(15)7-13(10)18-9-11-5-6-17-14(11)8-16-2/h3-7,16H,8-9H2,1-2H3. The second-order valence-corrected chi connectivity index (χ2v) is 5.01. The highest BCUT2D eigenvalue weighted by atomic mass is 79.9. The number of nitrogens with one attached hydrogen (secondary N) is 1. The largest absolute Gasteiger partial charge is 0.488 e. The summed E-state index contributed by atoms with van der Waals surface area (Å²) in [5.41, 5.74) is 2.19. The zero-order chi connectivity index (χ0) is 13.0. The molecule has 0 fully saturated rings. The van der Waals surface area contributed by atoms with Gasteiger partial charge in [0.25, 0.3) is 0 Å². The van der Waals surface area contributed by atoms with Crippen molar-refractivity contribution < 1.29 is 9.15 Å². The van der Waals surface area contributed by atoms with E-state index in [2.05, 4.69) is 21.2 Å². The Morgan fingerprint density at radius 1 is 1.33 bits per heavy atom. The van der Waals surface area contributed by atoms with Gasteiger partial charge in [-0.05, 0) is 37.7 Å². The molecule has 3 nitrogen and oxygen atoms in total. The number of benzene rings is 1. The van der Waals surface area contributed by atoms with Crippen molar-refractivity contribution in [3.63, 3.8) is 0 Å². The van der Waals surface area contributed by atoms with Crippen molar-refractivity contribution in [3.05, 3.63) is 51.9 Å². The molecule has 2 rings (SSSR count). The summed E-state index contributed by atoms with van der Waals surface area (Å²) in [5, 5.41) is 3.07. The summed E-state index contributed by atoms with van der Waals surface area (Å²) in [4.78, 5) is 0. The van der Waals surface area contributed by atoms with Crippen molar-refractivity contribution >= 4 is 15.9 Å². The number of ether oxygens (including phenoxy) is 1. The van der Waals surface area contributed by atoms with Gasteiger partial charge in [-0.15, -0.1) is 0 Å². The molecule has 0 saturated heterocycles. The summed E-state index contributed by atoms with van der Waals surface area (Å²) in [7, 11) is 1.89. The van der Waals surface area contributed by atoms with E-state index in [1.54, 1.807) is 6.26 Å². The minimum absolute atomic E-state index is 0.519. The van der Waals surface area contributed by atoms with Gasteiger partial charge in [0, 0.05) is 10.0 Å². The van der Waals surface area contributed by atoms with E-state index < -0.39 is 0 Å². The predicted molar refractivity (Wildman–Crippen MR) is 74.7 cm³/mol. The minimum Gasteiger partial charge on any atom is -0.488 e. The van der Waals surface area contributed by atoms with Crippen molar-refractivity contribution in [1.82, 2.24) is 5.32 Å². The van der Waals surface area contributed by atoms with Crippen LogP contribution in [0, 0.1) is 6.92 Å². The quantitative estimate of drug-likeness (QED) is 0.915. The third-order valence-electron chi connectivity index (χ3n) is 2.71. The molecule has 2 aromatic rings. The first kappa shape index (κ1) is 13.2. The van der Waals surface area contributed by atoms with Gasteiger partial charge in [0.2, 0.25) is 0 Å². The Bertz CT molecular complexity index is 522. The number of hydrogen-bond acceptors (Lipinski definition) is 3. The molecule has 0 aliphatic heterocycles. The molecule has 0 atom stereocenters. The molecule has 0 bridgehead atoms. The summed E-state index contributed by atoms with van der Waals surface area (Å²) in [6, 6.07) is 7.96. The smallest absolute Gasteiger partial charge is 0.124 e. The van der Waals surface area contributed by atoms with Gasteiger partial charge < -0.3 is 14.5 Å². The molecule has 18 heavy (non-hydrogen) atoms. The summed E-state index contributed by atoms with van der Waals surface area (Å²) in [5.74, 6) is 1.81. The molecule has 0 radical (unpaired) electrons. The maximum Gasteiger partial charge on any atom is 0.124 e. The number of aryl methyl sites for hydroxylation is 1. The molecule has 4 heteroatoms. The Morgan fingerprint density at radius 3 is 2.94 bits per heavy atom. The van der Waals surface area contributed by atoms with E-state index in [9.17, 15) is 0 Å². The van der Waals surface area contributed by atoms with Gasteiger partial charge in [-0.25, -0.2) is 0 Å². The fourth-order valence-corrected chi connectivity index (χ4v) is 2.04. The van der Waals surface area contributed by atoms with Crippen molar-refractivity contribution in [2.24, 2.45) is 0 Å². The second-order valence-electron chi connectivity index (χ2n) is 4.10. The lowest BCUT2D eigenvalue weighted by molar-refractivity contribution is 0.299. The van der Waals surface area contributed by atoms with E-state index >= 15 is 0 Å². The zero-order valence-electron chi connectivity index (χ0n) is 10.5. The van der Waals surface area contributed by atoms with E-state index in [1.807, 2.05) is 38.2 Å². The number of halogens is 1. The highest BCUT2D eigenvalue weighted by Gasteiger charge is 2.07. The molecule has 0 saturated carbocycles. The average Bonchev–Trinajstić information content (AvgIpc) is 2.78. The molecule has 0 spiro atoms. The molecule has 0 amide bonds. The highest BCUT2D eigenvalue weighted by molar-refractivity contribution is 9.10. The van der Waals surface area contributed by atoms with Crippen LogP contribution in [0.2, 0.25) is 0 Å². The molecule has 96 valence electrons. The molecule has 1 N–H and O–H groups in total. The summed E-state index contributed by atoms with van der Waals surface area (Å²) in [6.45, 7) is 3.26. The number of hydrogen-bond donors (Lipinski definition) is 1. The molecular formula is C14H16BrNO2. The molecule has 1 heterocycles. The van der Waals surface area contributed by atoms with Crippen LogP contribution < -0.4 is 10.1 Å². The first-order valence-electron chi connectivity index (χ1n) is 5.79. The summed E-state index contributed by atoms with van der Waals surface area (Å²) < 4.78 is 12.2. The normalized spacial score (nSPS) is 10.6. The third kappa shape index (κ3) is 3.15. The van der Waals surface area contributed by atoms with Gasteiger partial charge >= 0.3 is 0 Å². The van der Waals surface area contributed by atoms with Crippen LogP contribution in [-0.4, -0.2) is 7.05 Å². The van der Waals surface area contributed by atoms with Gasteiger partial charge in [0.05, 0.1) is 12.8 Å². The van der Waals surface area contributed by atoms with E-state index in [-0.39, 0.29) is 0 Å². The summed E-state index contributed by atoms with van der Waals surface area (Å²) >= 11 is 3.45. The molecular weight excluding hydrogens is 294 g/mol. The van der Waals surface area contributed by atoms with E-state index in [0.29, 0.717) is 13.2 Å². The SMILES string of the molecule is CNCc1occc1COc1cc(Br)ccc1C. The van der Waals surface area contributed by atoms with Gasteiger partial charge in [-0.1, -0.05) is 22.0 Å². The zero-order valence-corrected chi connectivity index (χ0v) is 12.1. The lowest BCUT2D eigenvalue weighted by Gasteiger charge is -2.09. The molecule has 0 unspecified atom stereocenters. The predicted octanol–water partition coefficient (Wildman–Crippen LogP) is 3.65.